The molecule has 2 aliphatic heterocycles. The highest BCUT2D eigenvalue weighted by Crippen LogP contribution is 2.30. The SMILES string of the molecule is O=S1(=O)NC(=S)Nc2ccc(N3CCCC3)cc21. The maximum absolute atomic E-state index is 12.0. The lowest BCUT2D eigenvalue weighted by molar-refractivity contribution is 0.592. The summed E-state index contributed by atoms with van der Waals surface area (Å²) in [5.74, 6) is 0. The molecule has 96 valence electrons. The summed E-state index contributed by atoms with van der Waals surface area (Å²) in [5.41, 5.74) is 1.49. The first-order chi connectivity index (χ1) is 8.56. The van der Waals surface area contributed by atoms with E-state index in [-0.39, 0.29) is 10.0 Å². The molecule has 0 aliphatic carbocycles. The molecule has 0 unspecified atom stereocenters. The van der Waals surface area contributed by atoms with E-state index in [0.717, 1.165) is 31.6 Å². The van der Waals surface area contributed by atoms with Crippen LogP contribution in [-0.4, -0.2) is 26.6 Å². The van der Waals surface area contributed by atoms with Crippen LogP contribution in [0.4, 0.5) is 11.4 Å². The molecule has 18 heavy (non-hydrogen) atoms. The van der Waals surface area contributed by atoms with Gasteiger partial charge in [0.2, 0.25) is 0 Å². The van der Waals surface area contributed by atoms with Crippen molar-refractivity contribution in [2.24, 2.45) is 0 Å². The number of nitrogens with zero attached hydrogens (tertiary/aromatic N) is 1. The molecule has 0 radical (unpaired) electrons. The van der Waals surface area contributed by atoms with Crippen LogP contribution >= 0.6 is 12.2 Å². The average Bonchev–Trinajstić information content (AvgIpc) is 2.81. The maximum Gasteiger partial charge on any atom is 0.265 e. The van der Waals surface area contributed by atoms with E-state index >= 15 is 0 Å². The monoisotopic (exact) mass is 283 g/mol. The summed E-state index contributed by atoms with van der Waals surface area (Å²) in [5, 5.41) is 2.98. The van der Waals surface area contributed by atoms with Crippen LogP contribution in [0.2, 0.25) is 0 Å². The maximum atomic E-state index is 12.0. The molecule has 1 saturated heterocycles. The summed E-state index contributed by atoms with van der Waals surface area (Å²) < 4.78 is 26.3. The molecule has 0 saturated carbocycles. The lowest BCUT2D eigenvalue weighted by atomic mass is 10.2. The van der Waals surface area contributed by atoms with Crippen molar-refractivity contribution in [2.45, 2.75) is 17.7 Å². The highest BCUT2D eigenvalue weighted by molar-refractivity contribution is 7.92. The van der Waals surface area contributed by atoms with E-state index in [0.29, 0.717) is 5.69 Å². The predicted molar refractivity (Wildman–Crippen MR) is 74.4 cm³/mol. The van der Waals surface area contributed by atoms with Crippen LogP contribution in [0.1, 0.15) is 12.8 Å². The minimum absolute atomic E-state index is 0.122. The molecule has 2 aliphatic rings. The molecular weight excluding hydrogens is 270 g/mol. The van der Waals surface area contributed by atoms with Crippen LogP contribution in [0.15, 0.2) is 23.1 Å². The zero-order valence-corrected chi connectivity index (χ0v) is 11.3. The van der Waals surface area contributed by atoms with Gasteiger partial charge in [-0.05, 0) is 43.3 Å². The molecule has 0 spiro atoms. The molecule has 5 nitrogen and oxygen atoms in total. The number of nitrogens with one attached hydrogen (secondary N) is 2. The Balaban J connectivity index is 2.06. The predicted octanol–water partition coefficient (Wildman–Crippen LogP) is 1.28. The quantitative estimate of drug-likeness (QED) is 0.760. The fourth-order valence-corrected chi connectivity index (χ4v) is 3.86. The first kappa shape index (κ1) is 11.7. The van der Waals surface area contributed by atoms with Crippen molar-refractivity contribution in [2.75, 3.05) is 23.3 Å². The first-order valence-electron chi connectivity index (χ1n) is 5.79. The molecule has 1 aromatic rings. The standard InChI is InChI=1S/C11H13N3O2S2/c15-18(16)10-7-8(14-5-1-2-6-14)3-4-9(10)12-11(17)13-18/h3-4,7H,1-2,5-6H2,(H2,12,13,17). The van der Waals surface area contributed by atoms with E-state index in [1.807, 2.05) is 6.07 Å². The molecule has 0 bridgehead atoms. The second-order valence-corrected chi connectivity index (χ2v) is 6.49. The average molecular weight is 283 g/mol. The van der Waals surface area contributed by atoms with Gasteiger partial charge < -0.3 is 10.2 Å². The van der Waals surface area contributed by atoms with Crippen molar-refractivity contribution in [3.8, 4) is 0 Å². The number of hydrogen-bond donors (Lipinski definition) is 2. The van der Waals surface area contributed by atoms with Gasteiger partial charge in [0, 0.05) is 18.8 Å². The normalized spacial score (nSPS) is 21.1. The molecule has 2 N–H and O–H groups in total. The van der Waals surface area contributed by atoms with Crippen LogP contribution in [0.25, 0.3) is 0 Å². The molecule has 2 heterocycles. The van der Waals surface area contributed by atoms with Crippen LogP contribution in [0.5, 0.6) is 0 Å². The third kappa shape index (κ3) is 1.93. The van der Waals surface area contributed by atoms with Crippen LogP contribution in [-0.2, 0) is 10.0 Å². The Kier molecular flexibility index (Phi) is 2.67. The molecule has 0 amide bonds. The summed E-state index contributed by atoms with van der Waals surface area (Å²) in [7, 11) is -3.52. The topological polar surface area (TPSA) is 61.4 Å². The molecule has 0 aromatic heterocycles. The summed E-state index contributed by atoms with van der Waals surface area (Å²) >= 11 is 4.86. The lowest BCUT2D eigenvalue weighted by Gasteiger charge is -2.24. The minimum Gasteiger partial charge on any atom is -0.371 e. The van der Waals surface area contributed by atoms with Gasteiger partial charge in [0.05, 0.1) is 5.69 Å². The van der Waals surface area contributed by atoms with Crippen LogP contribution < -0.4 is 14.9 Å². The van der Waals surface area contributed by atoms with Gasteiger partial charge >= 0.3 is 0 Å². The van der Waals surface area contributed by atoms with E-state index in [2.05, 4.69) is 14.9 Å². The van der Waals surface area contributed by atoms with Gasteiger partial charge in [0.15, 0.2) is 5.11 Å². The number of rotatable bonds is 1. The van der Waals surface area contributed by atoms with Gasteiger partial charge in [-0.25, -0.2) is 8.42 Å². The summed E-state index contributed by atoms with van der Waals surface area (Å²) in [6.45, 7) is 1.97. The number of benzene rings is 1. The molecule has 1 fully saturated rings. The van der Waals surface area contributed by atoms with E-state index in [4.69, 9.17) is 12.2 Å². The van der Waals surface area contributed by atoms with Gasteiger partial charge in [0.25, 0.3) is 10.0 Å². The second kappa shape index (κ2) is 4.10. The third-order valence-electron chi connectivity index (χ3n) is 3.20. The number of fused-ring (bicyclic) bond motifs is 1. The molecule has 7 heteroatoms. The highest BCUT2D eigenvalue weighted by atomic mass is 32.2. The zero-order valence-electron chi connectivity index (χ0n) is 9.64. The lowest BCUT2D eigenvalue weighted by Crippen LogP contribution is -2.39. The van der Waals surface area contributed by atoms with Crippen molar-refractivity contribution in [1.82, 2.24) is 4.72 Å². The first-order valence-corrected chi connectivity index (χ1v) is 7.68. The zero-order chi connectivity index (χ0) is 12.8. The van der Waals surface area contributed by atoms with Gasteiger partial charge in [-0.15, -0.1) is 0 Å². The number of sulfonamides is 1. The van der Waals surface area contributed by atoms with Crippen molar-refractivity contribution in [3.05, 3.63) is 18.2 Å². The molecule has 1 aromatic carbocycles. The summed E-state index contributed by atoms with van der Waals surface area (Å²) in [6, 6.07) is 5.41. The number of anilines is 2. The van der Waals surface area contributed by atoms with E-state index in [1.165, 1.54) is 0 Å². The third-order valence-corrected chi connectivity index (χ3v) is 4.92. The Labute approximate surface area is 111 Å². The Bertz CT molecular complexity index is 607. The minimum atomic E-state index is -3.52. The van der Waals surface area contributed by atoms with Gasteiger partial charge in [-0.2, -0.15) is 0 Å². The summed E-state index contributed by atoms with van der Waals surface area (Å²) in [6.07, 6.45) is 2.31. The molecular formula is C11H13N3O2S2. The smallest absolute Gasteiger partial charge is 0.265 e. The Morgan fingerprint density at radius 2 is 1.94 bits per heavy atom. The fourth-order valence-electron chi connectivity index (χ4n) is 2.33. The van der Waals surface area contributed by atoms with Gasteiger partial charge in [0.1, 0.15) is 4.90 Å². The summed E-state index contributed by atoms with van der Waals surface area (Å²) in [4.78, 5) is 2.46. The van der Waals surface area contributed by atoms with E-state index in [1.54, 1.807) is 12.1 Å². The second-order valence-electron chi connectivity index (χ2n) is 4.43. The number of thiocarbonyl (C=S) groups is 1. The number of hydrogen-bond acceptors (Lipinski definition) is 4. The van der Waals surface area contributed by atoms with Crippen LogP contribution in [0, 0.1) is 0 Å². The fraction of sp³-hybridized carbons (Fsp3) is 0.364. The largest absolute Gasteiger partial charge is 0.371 e. The Hall–Kier alpha value is -1.34. The van der Waals surface area contributed by atoms with E-state index in [9.17, 15) is 8.42 Å². The molecule has 3 rings (SSSR count). The van der Waals surface area contributed by atoms with Crippen molar-refractivity contribution in [1.29, 1.82) is 0 Å². The molecule has 0 atom stereocenters. The Morgan fingerprint density at radius 3 is 2.67 bits per heavy atom. The van der Waals surface area contributed by atoms with Gasteiger partial charge in [-0.1, -0.05) is 0 Å². The van der Waals surface area contributed by atoms with Crippen molar-refractivity contribution in [3.63, 3.8) is 0 Å². The van der Waals surface area contributed by atoms with Crippen molar-refractivity contribution >= 4 is 38.7 Å². The highest BCUT2D eigenvalue weighted by Gasteiger charge is 2.26. The van der Waals surface area contributed by atoms with E-state index < -0.39 is 10.0 Å². The van der Waals surface area contributed by atoms with Crippen LogP contribution in [0.3, 0.4) is 0 Å². The van der Waals surface area contributed by atoms with Crippen molar-refractivity contribution < 1.29 is 8.42 Å². The van der Waals surface area contributed by atoms with Gasteiger partial charge in [-0.3, -0.25) is 4.72 Å². The Morgan fingerprint density at radius 1 is 1.22 bits per heavy atom.